The molecule has 0 aliphatic rings. The number of carbonyl (C=O) groups excluding carboxylic acids is 1. The zero-order valence-electron chi connectivity index (χ0n) is 10.4. The highest BCUT2D eigenvalue weighted by Crippen LogP contribution is 2.12. The first-order valence-electron chi connectivity index (χ1n) is 5.90. The summed E-state index contributed by atoms with van der Waals surface area (Å²) in [7, 11) is 0. The lowest BCUT2D eigenvalue weighted by Crippen LogP contribution is -2.42. The third kappa shape index (κ3) is 5.57. The SMILES string of the molecule is C=CCCC(=O)N[C@@H](Cc1cccc(Cl)c1)C(=O)O. The van der Waals surface area contributed by atoms with Gasteiger partial charge in [0, 0.05) is 17.9 Å². The number of aliphatic carboxylic acids is 1. The average molecular weight is 282 g/mol. The van der Waals surface area contributed by atoms with Crippen molar-refractivity contribution < 1.29 is 14.7 Å². The molecule has 0 unspecified atom stereocenters. The maximum Gasteiger partial charge on any atom is 0.326 e. The van der Waals surface area contributed by atoms with Gasteiger partial charge in [0.1, 0.15) is 6.04 Å². The molecule has 1 aromatic carbocycles. The van der Waals surface area contributed by atoms with Gasteiger partial charge in [-0.2, -0.15) is 0 Å². The summed E-state index contributed by atoms with van der Waals surface area (Å²) in [4.78, 5) is 22.7. The van der Waals surface area contributed by atoms with Crippen molar-refractivity contribution in [3.8, 4) is 0 Å². The molecular weight excluding hydrogens is 266 g/mol. The lowest BCUT2D eigenvalue weighted by atomic mass is 10.1. The topological polar surface area (TPSA) is 66.4 Å². The first-order valence-corrected chi connectivity index (χ1v) is 6.28. The van der Waals surface area contributed by atoms with E-state index in [-0.39, 0.29) is 18.7 Å². The summed E-state index contributed by atoms with van der Waals surface area (Å²) >= 11 is 5.84. The van der Waals surface area contributed by atoms with Crippen LogP contribution in [0.3, 0.4) is 0 Å². The Bertz CT molecular complexity index is 474. The zero-order valence-corrected chi connectivity index (χ0v) is 11.2. The Morgan fingerprint density at radius 1 is 1.47 bits per heavy atom. The molecule has 0 saturated carbocycles. The van der Waals surface area contributed by atoms with Crippen LogP contribution in [0.2, 0.25) is 5.02 Å². The Labute approximate surface area is 117 Å². The summed E-state index contributed by atoms with van der Waals surface area (Å²) in [5.41, 5.74) is 0.768. The van der Waals surface area contributed by atoms with E-state index in [1.807, 2.05) is 0 Å². The van der Waals surface area contributed by atoms with E-state index in [4.69, 9.17) is 16.7 Å². The lowest BCUT2D eigenvalue weighted by molar-refractivity contribution is -0.141. The fourth-order valence-corrected chi connectivity index (χ4v) is 1.81. The predicted molar refractivity (Wildman–Crippen MR) is 74.2 cm³/mol. The fourth-order valence-electron chi connectivity index (χ4n) is 1.60. The highest BCUT2D eigenvalue weighted by atomic mass is 35.5. The summed E-state index contributed by atoms with van der Waals surface area (Å²) in [6, 6.07) is 5.97. The third-order valence-corrected chi connectivity index (χ3v) is 2.77. The molecule has 5 heteroatoms. The average Bonchev–Trinajstić information content (AvgIpc) is 2.35. The highest BCUT2D eigenvalue weighted by molar-refractivity contribution is 6.30. The fraction of sp³-hybridized carbons (Fsp3) is 0.286. The van der Waals surface area contributed by atoms with E-state index < -0.39 is 12.0 Å². The van der Waals surface area contributed by atoms with Crippen LogP contribution in [0.25, 0.3) is 0 Å². The Balaban J connectivity index is 2.65. The van der Waals surface area contributed by atoms with Crippen LogP contribution in [0.1, 0.15) is 18.4 Å². The number of hydrogen-bond donors (Lipinski definition) is 2. The van der Waals surface area contributed by atoms with Gasteiger partial charge in [-0.15, -0.1) is 6.58 Å². The number of halogens is 1. The number of carboxylic acids is 1. The summed E-state index contributed by atoms with van der Waals surface area (Å²) in [6.07, 6.45) is 2.58. The highest BCUT2D eigenvalue weighted by Gasteiger charge is 2.20. The van der Waals surface area contributed by atoms with Crippen molar-refractivity contribution in [1.29, 1.82) is 0 Å². The van der Waals surface area contributed by atoms with E-state index in [0.29, 0.717) is 11.4 Å². The molecule has 0 saturated heterocycles. The number of carboxylic acid groups (broad SMARTS) is 1. The van der Waals surface area contributed by atoms with Crippen molar-refractivity contribution >= 4 is 23.5 Å². The summed E-state index contributed by atoms with van der Waals surface area (Å²) < 4.78 is 0. The van der Waals surface area contributed by atoms with Crippen LogP contribution in [0.5, 0.6) is 0 Å². The van der Waals surface area contributed by atoms with Crippen molar-refractivity contribution in [2.24, 2.45) is 0 Å². The van der Waals surface area contributed by atoms with E-state index in [2.05, 4.69) is 11.9 Å². The Morgan fingerprint density at radius 3 is 2.79 bits per heavy atom. The van der Waals surface area contributed by atoms with Gasteiger partial charge >= 0.3 is 5.97 Å². The third-order valence-electron chi connectivity index (χ3n) is 2.54. The molecule has 0 heterocycles. The maximum atomic E-state index is 11.5. The van der Waals surface area contributed by atoms with Crippen LogP contribution in [-0.2, 0) is 16.0 Å². The van der Waals surface area contributed by atoms with Crippen molar-refractivity contribution in [2.45, 2.75) is 25.3 Å². The lowest BCUT2D eigenvalue weighted by Gasteiger charge is -2.14. The molecule has 19 heavy (non-hydrogen) atoms. The molecule has 2 N–H and O–H groups in total. The maximum absolute atomic E-state index is 11.5. The van der Waals surface area contributed by atoms with Gasteiger partial charge in [-0.3, -0.25) is 4.79 Å². The van der Waals surface area contributed by atoms with Crippen LogP contribution in [0, 0.1) is 0 Å². The molecule has 4 nitrogen and oxygen atoms in total. The number of allylic oxidation sites excluding steroid dienone is 1. The van der Waals surface area contributed by atoms with Gasteiger partial charge in [-0.25, -0.2) is 4.79 Å². The monoisotopic (exact) mass is 281 g/mol. The van der Waals surface area contributed by atoms with Crippen LogP contribution >= 0.6 is 11.6 Å². The molecule has 0 radical (unpaired) electrons. The second kappa shape index (κ2) is 7.59. The van der Waals surface area contributed by atoms with Gasteiger partial charge in [-0.1, -0.05) is 29.8 Å². The molecular formula is C14H16ClNO3. The number of nitrogens with one attached hydrogen (secondary N) is 1. The molecule has 1 aromatic rings. The van der Waals surface area contributed by atoms with E-state index in [1.54, 1.807) is 30.3 Å². The first-order chi connectivity index (χ1) is 9.02. The van der Waals surface area contributed by atoms with Gasteiger partial charge in [-0.05, 0) is 24.1 Å². The smallest absolute Gasteiger partial charge is 0.326 e. The quantitative estimate of drug-likeness (QED) is 0.754. The zero-order chi connectivity index (χ0) is 14.3. The molecule has 0 spiro atoms. The van der Waals surface area contributed by atoms with Crippen LogP contribution in [-0.4, -0.2) is 23.0 Å². The number of carbonyl (C=O) groups is 2. The normalized spacial score (nSPS) is 11.6. The summed E-state index contributed by atoms with van der Waals surface area (Å²) in [6.45, 7) is 3.51. The molecule has 0 fully saturated rings. The molecule has 0 aliphatic heterocycles. The Kier molecular flexibility index (Phi) is 6.09. The second-order valence-electron chi connectivity index (χ2n) is 4.12. The van der Waals surface area contributed by atoms with Gasteiger partial charge in [0.05, 0.1) is 0 Å². The minimum Gasteiger partial charge on any atom is -0.480 e. The van der Waals surface area contributed by atoms with Crippen LogP contribution in [0.4, 0.5) is 0 Å². The van der Waals surface area contributed by atoms with Crippen LogP contribution < -0.4 is 5.32 Å². The van der Waals surface area contributed by atoms with E-state index in [0.717, 1.165) is 5.56 Å². The minimum absolute atomic E-state index is 0.204. The van der Waals surface area contributed by atoms with E-state index in [1.165, 1.54) is 0 Å². The van der Waals surface area contributed by atoms with Crippen molar-refractivity contribution in [3.63, 3.8) is 0 Å². The van der Waals surface area contributed by atoms with Gasteiger partial charge in [0.2, 0.25) is 5.91 Å². The van der Waals surface area contributed by atoms with E-state index >= 15 is 0 Å². The molecule has 1 atom stereocenters. The molecule has 1 amide bonds. The van der Waals surface area contributed by atoms with Crippen molar-refractivity contribution in [2.75, 3.05) is 0 Å². The molecule has 0 aromatic heterocycles. The van der Waals surface area contributed by atoms with Gasteiger partial charge in [0.25, 0.3) is 0 Å². The number of hydrogen-bond acceptors (Lipinski definition) is 2. The summed E-state index contributed by atoms with van der Waals surface area (Å²) in [5.74, 6) is -1.36. The molecule has 0 bridgehead atoms. The number of amides is 1. The van der Waals surface area contributed by atoms with Crippen molar-refractivity contribution in [3.05, 3.63) is 47.5 Å². The van der Waals surface area contributed by atoms with Gasteiger partial charge in [0.15, 0.2) is 0 Å². The Hall–Kier alpha value is -1.81. The standard InChI is InChI=1S/C14H16ClNO3/c1-2-3-7-13(17)16-12(14(18)19)9-10-5-4-6-11(15)8-10/h2,4-6,8,12H,1,3,7,9H2,(H,16,17)(H,18,19)/t12-/m0/s1. The largest absolute Gasteiger partial charge is 0.480 e. The molecule has 102 valence electrons. The van der Waals surface area contributed by atoms with Gasteiger partial charge < -0.3 is 10.4 Å². The van der Waals surface area contributed by atoms with Crippen molar-refractivity contribution in [1.82, 2.24) is 5.32 Å². The molecule has 0 aliphatic carbocycles. The first kappa shape index (κ1) is 15.2. The second-order valence-corrected chi connectivity index (χ2v) is 4.56. The van der Waals surface area contributed by atoms with Crippen LogP contribution in [0.15, 0.2) is 36.9 Å². The minimum atomic E-state index is -1.06. The van der Waals surface area contributed by atoms with E-state index in [9.17, 15) is 9.59 Å². The predicted octanol–water partition coefficient (Wildman–Crippen LogP) is 2.42. The summed E-state index contributed by atoms with van der Waals surface area (Å²) in [5, 5.41) is 12.1. The number of benzene rings is 1. The molecule has 1 rings (SSSR count). The number of rotatable bonds is 7. The Morgan fingerprint density at radius 2 is 2.21 bits per heavy atom.